The Hall–Kier alpha value is -1.61. The smallest absolute Gasteiger partial charge is 0.310 e. The van der Waals surface area contributed by atoms with Crippen LogP contribution in [0.2, 0.25) is 5.02 Å². The van der Waals surface area contributed by atoms with Gasteiger partial charge in [-0.2, -0.15) is 4.98 Å². The van der Waals surface area contributed by atoms with Crippen LogP contribution in [0.5, 0.6) is 0 Å². The lowest BCUT2D eigenvalue weighted by Crippen LogP contribution is -2.11. The van der Waals surface area contributed by atoms with Crippen LogP contribution in [0.4, 0.5) is 0 Å². The highest BCUT2D eigenvalue weighted by molar-refractivity contribution is 6.30. The highest BCUT2D eigenvalue weighted by atomic mass is 35.5. The number of H-pyrrole nitrogens is 1. The number of nitrogens with zero attached hydrogens (tertiary/aromatic N) is 1. The van der Waals surface area contributed by atoms with E-state index in [4.69, 9.17) is 11.6 Å². The maximum atomic E-state index is 11.2. The summed E-state index contributed by atoms with van der Waals surface area (Å²) in [5.74, 6) is 0. The second kappa shape index (κ2) is 3.87. The summed E-state index contributed by atoms with van der Waals surface area (Å²) >= 11 is 5.86. The molecule has 1 aromatic carbocycles. The zero-order valence-electron chi connectivity index (χ0n) is 8.12. The molecule has 1 N–H and O–H groups in total. The van der Waals surface area contributed by atoms with E-state index in [-0.39, 0.29) is 5.69 Å². The number of hydrogen-bond donors (Lipinski definition) is 1. The first-order chi connectivity index (χ1) is 7.15. The lowest BCUT2D eigenvalue weighted by Gasteiger charge is -2.01. The fraction of sp³-hybridized carbons (Fsp3) is 0.0909. The predicted octanol–water partition coefficient (Wildman–Crippen LogP) is 2.40. The van der Waals surface area contributed by atoms with Crippen molar-refractivity contribution in [2.45, 2.75) is 6.92 Å². The average molecular weight is 221 g/mol. The number of halogens is 1. The summed E-state index contributed by atoms with van der Waals surface area (Å²) < 4.78 is 0. The van der Waals surface area contributed by atoms with Gasteiger partial charge in [-0.1, -0.05) is 23.7 Å². The molecule has 15 heavy (non-hydrogen) atoms. The van der Waals surface area contributed by atoms with Crippen molar-refractivity contribution in [1.82, 2.24) is 9.97 Å². The second-order valence-electron chi connectivity index (χ2n) is 3.26. The molecule has 0 spiro atoms. The van der Waals surface area contributed by atoms with Crippen molar-refractivity contribution in [2.24, 2.45) is 0 Å². The van der Waals surface area contributed by atoms with E-state index in [1.165, 1.54) is 0 Å². The quantitative estimate of drug-likeness (QED) is 0.802. The van der Waals surface area contributed by atoms with E-state index < -0.39 is 0 Å². The van der Waals surface area contributed by atoms with Crippen molar-refractivity contribution in [2.75, 3.05) is 0 Å². The minimum Gasteiger partial charge on any atom is -0.310 e. The van der Waals surface area contributed by atoms with Gasteiger partial charge in [0.15, 0.2) is 0 Å². The fourth-order valence-corrected chi connectivity index (χ4v) is 1.57. The number of rotatable bonds is 1. The van der Waals surface area contributed by atoms with Gasteiger partial charge in [0.1, 0.15) is 0 Å². The normalized spacial score (nSPS) is 10.3. The maximum Gasteiger partial charge on any atom is 0.345 e. The van der Waals surface area contributed by atoms with Crippen LogP contribution in [-0.4, -0.2) is 9.97 Å². The molecule has 4 heteroatoms. The molecular weight excluding hydrogens is 212 g/mol. The molecule has 2 aromatic rings. The molecule has 1 heterocycles. The van der Waals surface area contributed by atoms with E-state index in [1.54, 1.807) is 12.1 Å². The maximum absolute atomic E-state index is 11.2. The van der Waals surface area contributed by atoms with Gasteiger partial charge in [-0.25, -0.2) is 4.79 Å². The summed E-state index contributed by atoms with van der Waals surface area (Å²) in [7, 11) is 0. The molecular formula is C11H9ClN2O. The number of nitrogens with one attached hydrogen (secondary N) is 1. The van der Waals surface area contributed by atoms with E-state index in [1.807, 2.05) is 25.1 Å². The van der Waals surface area contributed by atoms with Crippen LogP contribution in [0.1, 0.15) is 5.69 Å². The molecule has 0 amide bonds. The van der Waals surface area contributed by atoms with E-state index in [0.717, 1.165) is 11.3 Å². The molecule has 0 aliphatic carbocycles. The monoisotopic (exact) mass is 220 g/mol. The van der Waals surface area contributed by atoms with Crippen molar-refractivity contribution in [3.05, 3.63) is 51.5 Å². The Balaban J connectivity index is 2.59. The third-order valence-electron chi connectivity index (χ3n) is 2.00. The Labute approximate surface area is 91.8 Å². The van der Waals surface area contributed by atoms with Crippen LogP contribution < -0.4 is 5.69 Å². The van der Waals surface area contributed by atoms with Gasteiger partial charge in [-0.3, -0.25) is 0 Å². The van der Waals surface area contributed by atoms with Gasteiger partial charge < -0.3 is 4.98 Å². The number of aryl methyl sites for hydroxylation is 1. The van der Waals surface area contributed by atoms with Crippen molar-refractivity contribution in [3.63, 3.8) is 0 Å². The lowest BCUT2D eigenvalue weighted by molar-refractivity contribution is 1.03. The second-order valence-corrected chi connectivity index (χ2v) is 3.70. The number of hydrogen-bond acceptors (Lipinski definition) is 2. The van der Waals surface area contributed by atoms with Gasteiger partial charge in [-0.05, 0) is 25.1 Å². The topological polar surface area (TPSA) is 45.8 Å². The first-order valence-corrected chi connectivity index (χ1v) is 4.87. The highest BCUT2D eigenvalue weighted by Gasteiger charge is 2.01. The molecule has 0 radical (unpaired) electrons. The summed E-state index contributed by atoms with van der Waals surface area (Å²) in [5, 5.41) is 0.632. The third-order valence-corrected chi connectivity index (χ3v) is 2.23. The Kier molecular flexibility index (Phi) is 2.56. The molecule has 0 aliphatic heterocycles. The van der Waals surface area contributed by atoms with E-state index in [0.29, 0.717) is 10.7 Å². The Morgan fingerprint density at radius 3 is 2.80 bits per heavy atom. The standard InChI is InChI=1S/C11H9ClN2O/c1-7-5-10(14-11(15)13-7)8-3-2-4-9(12)6-8/h2-6H,1H3,(H,13,14,15). The summed E-state index contributed by atoms with van der Waals surface area (Å²) in [4.78, 5) is 17.6. The van der Waals surface area contributed by atoms with Gasteiger partial charge in [0.25, 0.3) is 0 Å². The van der Waals surface area contributed by atoms with E-state index in [9.17, 15) is 4.79 Å². The van der Waals surface area contributed by atoms with Crippen molar-refractivity contribution < 1.29 is 0 Å². The summed E-state index contributed by atoms with van der Waals surface area (Å²) in [5.41, 5.74) is 1.92. The molecule has 0 bridgehead atoms. The van der Waals surface area contributed by atoms with Crippen molar-refractivity contribution in [3.8, 4) is 11.3 Å². The Morgan fingerprint density at radius 2 is 2.13 bits per heavy atom. The van der Waals surface area contributed by atoms with E-state index in [2.05, 4.69) is 9.97 Å². The molecule has 2 rings (SSSR count). The van der Waals surface area contributed by atoms with Gasteiger partial charge in [-0.15, -0.1) is 0 Å². The molecule has 0 atom stereocenters. The molecule has 3 nitrogen and oxygen atoms in total. The van der Waals surface area contributed by atoms with Gasteiger partial charge in [0, 0.05) is 16.3 Å². The minimum absolute atomic E-state index is 0.343. The zero-order valence-corrected chi connectivity index (χ0v) is 8.88. The average Bonchev–Trinajstić information content (AvgIpc) is 2.16. The Morgan fingerprint density at radius 1 is 1.33 bits per heavy atom. The first-order valence-electron chi connectivity index (χ1n) is 4.49. The molecule has 0 saturated heterocycles. The predicted molar refractivity (Wildman–Crippen MR) is 60.0 cm³/mol. The number of benzene rings is 1. The van der Waals surface area contributed by atoms with Gasteiger partial charge >= 0.3 is 5.69 Å². The summed E-state index contributed by atoms with van der Waals surface area (Å²) in [6.07, 6.45) is 0. The number of aromatic amines is 1. The fourth-order valence-electron chi connectivity index (χ4n) is 1.38. The largest absolute Gasteiger partial charge is 0.345 e. The highest BCUT2D eigenvalue weighted by Crippen LogP contribution is 2.19. The zero-order chi connectivity index (χ0) is 10.8. The summed E-state index contributed by atoms with van der Waals surface area (Å²) in [6.45, 7) is 1.82. The van der Waals surface area contributed by atoms with Crippen LogP contribution in [0.15, 0.2) is 35.1 Å². The minimum atomic E-state index is -0.343. The van der Waals surface area contributed by atoms with Crippen LogP contribution >= 0.6 is 11.6 Å². The van der Waals surface area contributed by atoms with Crippen molar-refractivity contribution >= 4 is 11.6 Å². The molecule has 0 aliphatic rings. The van der Waals surface area contributed by atoms with E-state index >= 15 is 0 Å². The SMILES string of the molecule is Cc1cc(-c2cccc(Cl)c2)nc(=O)[nH]1. The van der Waals surface area contributed by atoms with Crippen LogP contribution in [0.3, 0.4) is 0 Å². The van der Waals surface area contributed by atoms with Crippen LogP contribution in [0.25, 0.3) is 11.3 Å². The third kappa shape index (κ3) is 2.25. The molecule has 1 aromatic heterocycles. The molecule has 0 saturated carbocycles. The molecule has 0 fully saturated rings. The lowest BCUT2D eigenvalue weighted by atomic mass is 10.1. The van der Waals surface area contributed by atoms with Gasteiger partial charge in [0.2, 0.25) is 0 Å². The van der Waals surface area contributed by atoms with Crippen molar-refractivity contribution in [1.29, 1.82) is 0 Å². The summed E-state index contributed by atoms with van der Waals surface area (Å²) in [6, 6.07) is 9.07. The Bertz CT molecular complexity index is 548. The van der Waals surface area contributed by atoms with Crippen LogP contribution in [0, 0.1) is 6.92 Å². The molecule has 0 unspecified atom stereocenters. The first kappa shape index (κ1) is 9.93. The number of aromatic nitrogens is 2. The van der Waals surface area contributed by atoms with Crippen LogP contribution in [-0.2, 0) is 0 Å². The molecule has 76 valence electrons. The van der Waals surface area contributed by atoms with Gasteiger partial charge in [0.05, 0.1) is 5.69 Å².